The van der Waals surface area contributed by atoms with Crippen LogP contribution in [0.3, 0.4) is 0 Å². The van der Waals surface area contributed by atoms with Crippen LogP contribution in [0.5, 0.6) is 0 Å². The van der Waals surface area contributed by atoms with Gasteiger partial charge in [-0.05, 0) is 0 Å². The average molecular weight is 276 g/mol. The second-order valence-corrected chi connectivity index (χ2v) is 6.48. The molecular formula is C15H18NO2S+. The molecule has 0 bridgehead atoms. The number of thioether (sulfide) groups is 1. The Labute approximate surface area is 117 Å². The number of para-hydroxylation sites is 1. The lowest BCUT2D eigenvalue weighted by Gasteiger charge is -2.34. The van der Waals surface area contributed by atoms with Crippen molar-refractivity contribution in [3.05, 3.63) is 41.4 Å². The second kappa shape index (κ2) is 4.62. The van der Waals surface area contributed by atoms with E-state index in [1.54, 1.807) is 0 Å². The smallest absolute Gasteiger partial charge is 0.230 e. The van der Waals surface area contributed by atoms with Crippen molar-refractivity contribution in [3.63, 3.8) is 0 Å². The van der Waals surface area contributed by atoms with Crippen molar-refractivity contribution >= 4 is 28.6 Å². The summed E-state index contributed by atoms with van der Waals surface area (Å²) >= 11 is 1.11. The van der Waals surface area contributed by atoms with E-state index in [0.29, 0.717) is 5.69 Å². The van der Waals surface area contributed by atoms with Gasteiger partial charge in [-0.1, -0.05) is 39.0 Å². The molecule has 1 aromatic carbocycles. The molecule has 0 N–H and O–H groups in total. The molecule has 0 saturated carbocycles. The number of hydrogen-bond acceptors (Lipinski definition) is 3. The second-order valence-electron chi connectivity index (χ2n) is 5.66. The zero-order valence-electron chi connectivity index (χ0n) is 11.6. The molecule has 1 aliphatic rings. The predicted octanol–water partition coefficient (Wildman–Crippen LogP) is 4.29. The van der Waals surface area contributed by atoms with Crippen molar-refractivity contribution in [2.45, 2.75) is 27.7 Å². The Hall–Kier alpha value is -1.39. The Morgan fingerprint density at radius 2 is 1.74 bits per heavy atom. The van der Waals surface area contributed by atoms with Crippen LogP contribution in [0, 0.1) is 5.41 Å². The first kappa shape index (κ1) is 14.0. The number of hydrogen-bond donors (Lipinski definition) is 0. The number of imide groups is 1. The Kier molecular flexibility index (Phi) is 3.41. The summed E-state index contributed by atoms with van der Waals surface area (Å²) in [6.07, 6.45) is 0. The minimum absolute atomic E-state index is 0.149. The summed E-state index contributed by atoms with van der Waals surface area (Å²) in [4.78, 5) is 24.8. The summed E-state index contributed by atoms with van der Waals surface area (Å²) < 4.78 is -0.297. The predicted molar refractivity (Wildman–Crippen MR) is 79.4 cm³/mol. The molecule has 2 amide bonds. The molecule has 0 aromatic heterocycles. The van der Waals surface area contributed by atoms with Gasteiger partial charge in [-0.2, -0.15) is 0 Å². The van der Waals surface area contributed by atoms with Crippen LogP contribution in [0.1, 0.15) is 27.7 Å². The molecule has 1 aliphatic heterocycles. The molecule has 19 heavy (non-hydrogen) atoms. The third-order valence-corrected chi connectivity index (χ3v) is 4.11. The third kappa shape index (κ3) is 2.05. The van der Waals surface area contributed by atoms with Crippen LogP contribution in [0.25, 0.3) is 0 Å². The quantitative estimate of drug-likeness (QED) is 0.717. The Morgan fingerprint density at radius 1 is 1.16 bits per heavy atom. The molecule has 0 radical (unpaired) electrons. The first-order chi connectivity index (χ1) is 8.81. The van der Waals surface area contributed by atoms with Crippen molar-refractivity contribution < 1.29 is 9.59 Å². The van der Waals surface area contributed by atoms with Gasteiger partial charge in [0, 0.05) is 34.7 Å². The van der Waals surface area contributed by atoms with Crippen LogP contribution in [-0.2, 0) is 4.79 Å². The summed E-state index contributed by atoms with van der Waals surface area (Å²) in [7, 11) is 0. The van der Waals surface area contributed by atoms with E-state index in [1.165, 1.54) is 6.92 Å². The van der Waals surface area contributed by atoms with Crippen LogP contribution in [0.15, 0.2) is 41.4 Å². The average Bonchev–Trinajstić information content (AvgIpc) is 2.68. The maximum absolute atomic E-state index is 12.5. The summed E-state index contributed by atoms with van der Waals surface area (Å²) in [5, 5.41) is 1.68. The molecular weight excluding hydrogens is 258 g/mol. The minimum atomic E-state index is -0.297. The van der Waals surface area contributed by atoms with Crippen LogP contribution in [-0.4, -0.2) is 11.1 Å². The Morgan fingerprint density at radius 3 is 2.21 bits per heavy atom. The summed E-state index contributed by atoms with van der Waals surface area (Å²) in [6.45, 7) is 7.56. The maximum Gasteiger partial charge on any atom is 0.396 e. The fourth-order valence-corrected chi connectivity index (χ4v) is 3.63. The van der Waals surface area contributed by atoms with E-state index in [1.807, 2.05) is 56.5 Å². The van der Waals surface area contributed by atoms with Gasteiger partial charge in [0.1, 0.15) is 5.70 Å². The lowest BCUT2D eigenvalue weighted by molar-refractivity contribution is -0.124. The number of nitrogens with zero attached hydrogens (tertiary/aromatic N) is 1. The molecule has 1 aromatic rings. The first-order valence-corrected chi connectivity index (χ1v) is 7.07. The highest BCUT2D eigenvalue weighted by molar-refractivity contribution is 8.16. The van der Waals surface area contributed by atoms with Crippen LogP contribution in [0.2, 0.25) is 0 Å². The number of allylic oxidation sites excluding steroid dienone is 1. The van der Waals surface area contributed by atoms with E-state index in [2.05, 4.69) is 0 Å². The standard InChI is InChI=1S/C15H18NO2S/c1-11(17)16(12-8-6-5-7-9-12)13(15(2,3)4)10-19-14(16)18/h5-10H,1-4H3/q+1. The van der Waals surface area contributed by atoms with Crippen molar-refractivity contribution in [2.24, 2.45) is 5.41 Å². The van der Waals surface area contributed by atoms with Crippen LogP contribution < -0.4 is 4.48 Å². The summed E-state index contributed by atoms with van der Waals surface area (Å²) in [6, 6.07) is 9.27. The van der Waals surface area contributed by atoms with Crippen molar-refractivity contribution in [1.82, 2.24) is 4.48 Å². The van der Waals surface area contributed by atoms with Gasteiger partial charge in [-0.25, -0.2) is 9.59 Å². The van der Waals surface area contributed by atoms with E-state index in [-0.39, 0.29) is 21.0 Å². The van der Waals surface area contributed by atoms with Gasteiger partial charge in [0.2, 0.25) is 0 Å². The van der Waals surface area contributed by atoms with E-state index >= 15 is 0 Å². The van der Waals surface area contributed by atoms with Crippen molar-refractivity contribution in [1.29, 1.82) is 0 Å². The third-order valence-electron chi connectivity index (χ3n) is 3.29. The molecule has 1 unspecified atom stereocenters. The number of quaternary nitrogens is 1. The van der Waals surface area contributed by atoms with Crippen molar-refractivity contribution in [2.75, 3.05) is 0 Å². The lowest BCUT2D eigenvalue weighted by atomic mass is 9.90. The number of carbonyl (C=O) groups excluding carboxylic acids is 2. The van der Waals surface area contributed by atoms with Gasteiger partial charge >= 0.3 is 11.1 Å². The number of carbonyl (C=O) groups is 2. The van der Waals surface area contributed by atoms with Crippen LogP contribution >= 0.6 is 11.8 Å². The highest BCUT2D eigenvalue weighted by atomic mass is 32.2. The van der Waals surface area contributed by atoms with Gasteiger partial charge in [-0.3, -0.25) is 0 Å². The molecule has 0 fully saturated rings. The van der Waals surface area contributed by atoms with Gasteiger partial charge in [0.15, 0.2) is 5.69 Å². The lowest BCUT2D eigenvalue weighted by Crippen LogP contribution is -2.55. The fourth-order valence-electron chi connectivity index (χ4n) is 2.42. The van der Waals surface area contributed by atoms with E-state index < -0.39 is 0 Å². The summed E-state index contributed by atoms with van der Waals surface area (Å²) in [5.41, 5.74) is 1.30. The molecule has 0 spiro atoms. The molecule has 2 rings (SSSR count). The largest absolute Gasteiger partial charge is 0.396 e. The molecule has 0 saturated heterocycles. The van der Waals surface area contributed by atoms with Gasteiger partial charge in [0.25, 0.3) is 0 Å². The Bertz CT molecular complexity index is 557. The number of amides is 2. The summed E-state index contributed by atoms with van der Waals surface area (Å²) in [5.74, 6) is -0.164. The highest BCUT2D eigenvalue weighted by Crippen LogP contribution is 2.47. The monoisotopic (exact) mass is 276 g/mol. The van der Waals surface area contributed by atoms with Crippen molar-refractivity contribution in [3.8, 4) is 0 Å². The minimum Gasteiger partial charge on any atom is -0.230 e. The van der Waals surface area contributed by atoms with Gasteiger partial charge in [-0.15, -0.1) is 4.48 Å². The SMILES string of the molecule is CC(=O)[N+]1(c2ccccc2)C(=O)SC=C1C(C)(C)C. The highest BCUT2D eigenvalue weighted by Gasteiger charge is 2.55. The molecule has 3 nitrogen and oxygen atoms in total. The van der Waals surface area contributed by atoms with E-state index in [0.717, 1.165) is 17.5 Å². The molecule has 100 valence electrons. The first-order valence-electron chi connectivity index (χ1n) is 6.19. The maximum atomic E-state index is 12.5. The number of benzene rings is 1. The fraction of sp³-hybridized carbons (Fsp3) is 0.333. The molecule has 4 heteroatoms. The van der Waals surface area contributed by atoms with Gasteiger partial charge in [0.05, 0.1) is 6.92 Å². The van der Waals surface area contributed by atoms with E-state index in [9.17, 15) is 9.59 Å². The molecule has 1 heterocycles. The number of rotatable bonds is 1. The molecule has 0 aliphatic carbocycles. The zero-order valence-corrected chi connectivity index (χ0v) is 12.5. The molecule has 1 atom stereocenters. The zero-order chi connectivity index (χ0) is 14.3. The Balaban J connectivity index is 2.72. The van der Waals surface area contributed by atoms with Gasteiger partial charge < -0.3 is 0 Å². The topological polar surface area (TPSA) is 34.1 Å². The van der Waals surface area contributed by atoms with Crippen LogP contribution in [0.4, 0.5) is 10.5 Å². The normalized spacial score (nSPS) is 23.4. The van der Waals surface area contributed by atoms with E-state index in [4.69, 9.17) is 0 Å².